The Morgan fingerprint density at radius 3 is 2.80 bits per heavy atom. The molecule has 2 atom stereocenters. The Labute approximate surface area is 120 Å². The van der Waals surface area contributed by atoms with E-state index in [1.165, 1.54) is 11.1 Å². The lowest BCUT2D eigenvalue weighted by atomic mass is 9.84. The molecule has 1 heterocycles. The molecule has 2 aromatic rings. The number of fused-ring (bicyclic) bond motifs is 1. The molecule has 1 aromatic carbocycles. The summed E-state index contributed by atoms with van der Waals surface area (Å²) in [6.45, 7) is 7.13. The Balaban J connectivity index is 2.02. The molecule has 1 aliphatic carbocycles. The lowest BCUT2D eigenvalue weighted by molar-refractivity contribution is 0.294. The summed E-state index contributed by atoms with van der Waals surface area (Å²) in [7, 11) is 0. The van der Waals surface area contributed by atoms with Crippen LogP contribution in [0.1, 0.15) is 48.2 Å². The first-order valence-electron chi connectivity index (χ1n) is 7.41. The van der Waals surface area contributed by atoms with Crippen molar-refractivity contribution in [2.75, 3.05) is 6.54 Å². The standard InChI is InChI=1S/C16H22N4/c1-4-17-16-14-8-6-5-7-13(14)9-10-15(16)20-12(3)18-11(2)19-20/h5-8,15-17H,4,9-10H2,1-3H3. The summed E-state index contributed by atoms with van der Waals surface area (Å²) in [6.07, 6.45) is 2.22. The second kappa shape index (κ2) is 5.37. The highest BCUT2D eigenvalue weighted by atomic mass is 15.4. The van der Waals surface area contributed by atoms with Gasteiger partial charge in [0.2, 0.25) is 0 Å². The van der Waals surface area contributed by atoms with Gasteiger partial charge in [-0.2, -0.15) is 5.10 Å². The first kappa shape index (κ1) is 13.3. The summed E-state index contributed by atoms with van der Waals surface area (Å²) in [5.41, 5.74) is 2.88. The van der Waals surface area contributed by atoms with E-state index in [1.54, 1.807) is 0 Å². The molecule has 3 rings (SSSR count). The van der Waals surface area contributed by atoms with Gasteiger partial charge < -0.3 is 5.32 Å². The average molecular weight is 270 g/mol. The van der Waals surface area contributed by atoms with Crippen LogP contribution in [-0.4, -0.2) is 21.3 Å². The van der Waals surface area contributed by atoms with Gasteiger partial charge in [-0.15, -0.1) is 0 Å². The number of hydrogen-bond acceptors (Lipinski definition) is 3. The van der Waals surface area contributed by atoms with Crippen LogP contribution >= 0.6 is 0 Å². The van der Waals surface area contributed by atoms with Crippen LogP contribution < -0.4 is 5.32 Å². The Bertz CT molecular complexity index is 602. The van der Waals surface area contributed by atoms with Crippen LogP contribution in [-0.2, 0) is 6.42 Å². The van der Waals surface area contributed by atoms with Gasteiger partial charge in [0.25, 0.3) is 0 Å². The zero-order chi connectivity index (χ0) is 14.1. The van der Waals surface area contributed by atoms with E-state index < -0.39 is 0 Å². The van der Waals surface area contributed by atoms with Crippen LogP contribution in [0.15, 0.2) is 24.3 Å². The number of aryl methyl sites for hydroxylation is 3. The smallest absolute Gasteiger partial charge is 0.147 e. The Hall–Kier alpha value is -1.68. The van der Waals surface area contributed by atoms with Gasteiger partial charge in [0, 0.05) is 0 Å². The summed E-state index contributed by atoms with van der Waals surface area (Å²) >= 11 is 0. The van der Waals surface area contributed by atoms with E-state index >= 15 is 0 Å². The van der Waals surface area contributed by atoms with Crippen molar-refractivity contribution in [3.8, 4) is 0 Å². The molecule has 0 bridgehead atoms. The second-order valence-corrected chi connectivity index (χ2v) is 5.49. The van der Waals surface area contributed by atoms with Gasteiger partial charge in [0.1, 0.15) is 11.6 Å². The van der Waals surface area contributed by atoms with Gasteiger partial charge in [0.15, 0.2) is 0 Å². The van der Waals surface area contributed by atoms with Crippen LogP contribution in [0.4, 0.5) is 0 Å². The van der Waals surface area contributed by atoms with Gasteiger partial charge in [-0.3, -0.25) is 0 Å². The third-order valence-corrected chi connectivity index (χ3v) is 4.13. The third-order valence-electron chi connectivity index (χ3n) is 4.13. The van der Waals surface area contributed by atoms with E-state index in [0.717, 1.165) is 31.0 Å². The van der Waals surface area contributed by atoms with E-state index in [0.29, 0.717) is 12.1 Å². The normalized spacial score (nSPS) is 21.8. The van der Waals surface area contributed by atoms with Crippen LogP contribution in [0.2, 0.25) is 0 Å². The predicted molar refractivity (Wildman–Crippen MR) is 79.7 cm³/mol. The number of nitrogens with zero attached hydrogens (tertiary/aromatic N) is 3. The number of rotatable bonds is 3. The zero-order valence-corrected chi connectivity index (χ0v) is 12.4. The molecule has 0 saturated heterocycles. The molecule has 4 nitrogen and oxygen atoms in total. The summed E-state index contributed by atoms with van der Waals surface area (Å²) in [5, 5.41) is 8.24. The van der Waals surface area contributed by atoms with Crippen molar-refractivity contribution in [1.82, 2.24) is 20.1 Å². The monoisotopic (exact) mass is 270 g/mol. The molecule has 1 aromatic heterocycles. The Kier molecular flexibility index (Phi) is 3.57. The molecule has 106 valence electrons. The fraction of sp³-hybridized carbons (Fsp3) is 0.500. The van der Waals surface area contributed by atoms with E-state index in [9.17, 15) is 0 Å². The molecule has 0 spiro atoms. The van der Waals surface area contributed by atoms with Gasteiger partial charge in [-0.1, -0.05) is 31.2 Å². The summed E-state index contributed by atoms with van der Waals surface area (Å²) in [6, 6.07) is 9.43. The fourth-order valence-electron chi connectivity index (χ4n) is 3.32. The lowest BCUT2D eigenvalue weighted by Gasteiger charge is -2.34. The molecule has 0 aliphatic heterocycles. The minimum Gasteiger partial charge on any atom is -0.308 e. The number of benzene rings is 1. The maximum absolute atomic E-state index is 4.60. The minimum atomic E-state index is 0.324. The molecule has 1 N–H and O–H groups in total. The SMILES string of the molecule is CCNC1c2ccccc2CCC1n1nc(C)nc1C. The van der Waals surface area contributed by atoms with Crippen molar-refractivity contribution in [2.24, 2.45) is 0 Å². The van der Waals surface area contributed by atoms with Crippen LogP contribution in [0, 0.1) is 13.8 Å². The Morgan fingerprint density at radius 2 is 2.10 bits per heavy atom. The van der Waals surface area contributed by atoms with Crippen LogP contribution in [0.5, 0.6) is 0 Å². The number of likely N-dealkylation sites (N-methyl/N-ethyl adjacent to an activating group) is 1. The Morgan fingerprint density at radius 1 is 1.30 bits per heavy atom. The molecule has 0 fully saturated rings. The van der Waals surface area contributed by atoms with Crippen molar-refractivity contribution in [3.63, 3.8) is 0 Å². The summed E-state index contributed by atoms with van der Waals surface area (Å²) in [5.74, 6) is 1.87. The van der Waals surface area contributed by atoms with Crippen molar-refractivity contribution in [2.45, 2.75) is 45.7 Å². The molecule has 0 radical (unpaired) electrons. The van der Waals surface area contributed by atoms with Crippen molar-refractivity contribution < 1.29 is 0 Å². The zero-order valence-electron chi connectivity index (χ0n) is 12.4. The van der Waals surface area contributed by atoms with Crippen molar-refractivity contribution in [1.29, 1.82) is 0 Å². The maximum atomic E-state index is 4.60. The fourth-order valence-corrected chi connectivity index (χ4v) is 3.32. The highest BCUT2D eigenvalue weighted by Crippen LogP contribution is 2.37. The summed E-state index contributed by atoms with van der Waals surface area (Å²) < 4.78 is 2.11. The molecule has 4 heteroatoms. The molecule has 0 amide bonds. The molecule has 1 aliphatic rings. The molecule has 0 saturated carbocycles. The highest BCUT2D eigenvalue weighted by molar-refractivity contribution is 5.33. The minimum absolute atomic E-state index is 0.324. The second-order valence-electron chi connectivity index (χ2n) is 5.49. The number of aromatic nitrogens is 3. The molecular weight excluding hydrogens is 248 g/mol. The predicted octanol–water partition coefficient (Wildman–Crippen LogP) is 2.73. The van der Waals surface area contributed by atoms with E-state index in [4.69, 9.17) is 0 Å². The van der Waals surface area contributed by atoms with Crippen molar-refractivity contribution >= 4 is 0 Å². The quantitative estimate of drug-likeness (QED) is 0.932. The first-order chi connectivity index (χ1) is 9.70. The summed E-state index contributed by atoms with van der Waals surface area (Å²) in [4.78, 5) is 4.46. The third kappa shape index (κ3) is 2.24. The number of nitrogens with one attached hydrogen (secondary N) is 1. The van der Waals surface area contributed by atoms with Crippen LogP contribution in [0.25, 0.3) is 0 Å². The highest BCUT2D eigenvalue weighted by Gasteiger charge is 2.31. The molecule has 2 unspecified atom stereocenters. The van der Waals surface area contributed by atoms with Crippen molar-refractivity contribution in [3.05, 3.63) is 47.0 Å². The average Bonchev–Trinajstić information content (AvgIpc) is 2.78. The van der Waals surface area contributed by atoms with E-state index in [-0.39, 0.29) is 0 Å². The van der Waals surface area contributed by atoms with Gasteiger partial charge >= 0.3 is 0 Å². The van der Waals surface area contributed by atoms with Gasteiger partial charge in [-0.05, 0) is 44.4 Å². The topological polar surface area (TPSA) is 42.7 Å². The molecule has 20 heavy (non-hydrogen) atoms. The number of hydrogen-bond donors (Lipinski definition) is 1. The molecular formula is C16H22N4. The van der Waals surface area contributed by atoms with Gasteiger partial charge in [-0.25, -0.2) is 9.67 Å². The maximum Gasteiger partial charge on any atom is 0.147 e. The first-order valence-corrected chi connectivity index (χ1v) is 7.41. The van der Waals surface area contributed by atoms with Gasteiger partial charge in [0.05, 0.1) is 12.1 Å². The van der Waals surface area contributed by atoms with Crippen LogP contribution in [0.3, 0.4) is 0 Å². The van der Waals surface area contributed by atoms with E-state index in [1.807, 2.05) is 13.8 Å². The largest absolute Gasteiger partial charge is 0.308 e. The lowest BCUT2D eigenvalue weighted by Crippen LogP contribution is -2.35. The van der Waals surface area contributed by atoms with E-state index in [2.05, 4.69) is 51.3 Å².